The molecule has 0 radical (unpaired) electrons. The van der Waals surface area contributed by atoms with Crippen molar-refractivity contribution in [3.05, 3.63) is 53.9 Å². The lowest BCUT2D eigenvalue weighted by Gasteiger charge is -2.26. The second-order valence-corrected chi connectivity index (χ2v) is 5.91. The summed E-state index contributed by atoms with van der Waals surface area (Å²) < 4.78 is 5.24. The molecule has 1 atom stereocenters. The monoisotopic (exact) mass is 342 g/mol. The number of amides is 2. The maximum Gasteiger partial charge on any atom is 0.317 e. The van der Waals surface area contributed by atoms with Gasteiger partial charge in [0.15, 0.2) is 0 Å². The van der Waals surface area contributed by atoms with Gasteiger partial charge in [0, 0.05) is 38.2 Å². The van der Waals surface area contributed by atoms with Gasteiger partial charge >= 0.3 is 6.03 Å². The van der Waals surface area contributed by atoms with Crippen molar-refractivity contribution in [3.8, 4) is 5.75 Å². The maximum atomic E-state index is 12.3. The summed E-state index contributed by atoms with van der Waals surface area (Å²) in [5.74, 6) is 0.787. The van der Waals surface area contributed by atoms with Crippen LogP contribution in [0.25, 0.3) is 0 Å². The van der Waals surface area contributed by atoms with Gasteiger partial charge < -0.3 is 20.3 Å². The van der Waals surface area contributed by atoms with Crippen LogP contribution in [0.1, 0.15) is 24.1 Å². The number of aromatic nitrogens is 1. The fraction of sp³-hybridized carbons (Fsp3) is 0.368. The van der Waals surface area contributed by atoms with E-state index in [0.717, 1.165) is 22.6 Å². The zero-order valence-corrected chi connectivity index (χ0v) is 15.2. The molecule has 0 bridgehead atoms. The van der Waals surface area contributed by atoms with Crippen molar-refractivity contribution in [1.29, 1.82) is 0 Å². The number of benzene rings is 1. The van der Waals surface area contributed by atoms with E-state index >= 15 is 0 Å². The van der Waals surface area contributed by atoms with Gasteiger partial charge in [0.05, 0.1) is 13.2 Å². The summed E-state index contributed by atoms with van der Waals surface area (Å²) in [5, 5.41) is 6.22. The number of nitrogens with one attached hydrogen (secondary N) is 2. The van der Waals surface area contributed by atoms with Crippen molar-refractivity contribution >= 4 is 11.7 Å². The van der Waals surface area contributed by atoms with Crippen LogP contribution < -0.4 is 15.4 Å². The summed E-state index contributed by atoms with van der Waals surface area (Å²) in [4.78, 5) is 18.1. The zero-order chi connectivity index (χ0) is 18.2. The Morgan fingerprint density at radius 2 is 2.12 bits per heavy atom. The van der Waals surface area contributed by atoms with Crippen LogP contribution in [-0.4, -0.2) is 43.2 Å². The van der Waals surface area contributed by atoms with Crippen molar-refractivity contribution in [2.45, 2.75) is 19.9 Å². The molecule has 134 valence electrons. The average Bonchev–Trinajstić information content (AvgIpc) is 2.65. The molecule has 0 unspecified atom stereocenters. The maximum absolute atomic E-state index is 12.3. The molecule has 0 aliphatic carbocycles. The number of pyridine rings is 1. The lowest BCUT2D eigenvalue weighted by atomic mass is 10.1. The zero-order valence-electron chi connectivity index (χ0n) is 15.2. The van der Waals surface area contributed by atoms with E-state index in [9.17, 15) is 4.79 Å². The molecule has 2 aromatic rings. The first-order valence-corrected chi connectivity index (χ1v) is 8.32. The number of anilines is 1. The van der Waals surface area contributed by atoms with E-state index in [1.54, 1.807) is 25.3 Å². The Morgan fingerprint density at radius 3 is 2.84 bits per heavy atom. The fourth-order valence-electron chi connectivity index (χ4n) is 2.46. The molecule has 0 spiro atoms. The Labute approximate surface area is 149 Å². The van der Waals surface area contributed by atoms with E-state index in [4.69, 9.17) is 4.74 Å². The summed E-state index contributed by atoms with van der Waals surface area (Å²) in [6, 6.07) is 9.52. The predicted octanol–water partition coefficient (Wildman–Crippen LogP) is 3.21. The highest BCUT2D eigenvalue weighted by Gasteiger charge is 2.17. The Balaban J connectivity index is 1.82. The number of aryl methyl sites for hydroxylation is 1. The van der Waals surface area contributed by atoms with Crippen LogP contribution in [0.2, 0.25) is 0 Å². The molecule has 1 heterocycles. The molecular formula is C19H26N4O2. The molecule has 0 aliphatic rings. The summed E-state index contributed by atoms with van der Waals surface area (Å²) in [5.41, 5.74) is 3.14. The van der Waals surface area contributed by atoms with Crippen LogP contribution >= 0.6 is 0 Å². The van der Waals surface area contributed by atoms with Gasteiger partial charge in [-0.25, -0.2) is 4.79 Å². The van der Waals surface area contributed by atoms with E-state index in [1.165, 1.54) is 0 Å². The average molecular weight is 342 g/mol. The number of methoxy groups -OCH3 is 1. The molecule has 1 aromatic heterocycles. The number of hydrogen-bond donors (Lipinski definition) is 2. The summed E-state index contributed by atoms with van der Waals surface area (Å²) in [7, 11) is 3.43. The van der Waals surface area contributed by atoms with Crippen LogP contribution in [0.4, 0.5) is 10.5 Å². The van der Waals surface area contributed by atoms with Gasteiger partial charge in [0.2, 0.25) is 0 Å². The van der Waals surface area contributed by atoms with Crippen LogP contribution in [0.15, 0.2) is 42.7 Å². The minimum atomic E-state index is -0.108. The number of nitrogens with zero attached hydrogens (tertiary/aromatic N) is 2. The Morgan fingerprint density at radius 1 is 1.32 bits per heavy atom. The van der Waals surface area contributed by atoms with E-state index in [1.807, 2.05) is 50.4 Å². The summed E-state index contributed by atoms with van der Waals surface area (Å²) in [6.07, 6.45) is 3.56. The van der Waals surface area contributed by atoms with Crippen LogP contribution in [-0.2, 0) is 0 Å². The normalized spacial score (nSPS) is 11.5. The Kier molecular flexibility index (Phi) is 6.62. The molecule has 2 N–H and O–H groups in total. The van der Waals surface area contributed by atoms with Crippen molar-refractivity contribution in [2.24, 2.45) is 0 Å². The second kappa shape index (κ2) is 8.92. The van der Waals surface area contributed by atoms with Gasteiger partial charge in [0.1, 0.15) is 5.75 Å². The lowest BCUT2D eigenvalue weighted by molar-refractivity contribution is 0.195. The molecule has 6 nitrogen and oxygen atoms in total. The number of hydrogen-bond acceptors (Lipinski definition) is 4. The Hall–Kier alpha value is -2.76. The van der Waals surface area contributed by atoms with Gasteiger partial charge in [-0.2, -0.15) is 0 Å². The molecule has 1 aromatic carbocycles. The topological polar surface area (TPSA) is 66.5 Å². The minimum absolute atomic E-state index is 0.0505. The number of ether oxygens (including phenoxy) is 1. The van der Waals surface area contributed by atoms with Crippen molar-refractivity contribution in [1.82, 2.24) is 15.2 Å². The third kappa shape index (κ3) is 5.11. The number of urea groups is 1. The highest BCUT2D eigenvalue weighted by atomic mass is 16.5. The fourth-order valence-corrected chi connectivity index (χ4v) is 2.46. The molecule has 0 aliphatic heterocycles. The number of carbonyl (C=O) groups is 1. The van der Waals surface area contributed by atoms with Crippen LogP contribution in [0, 0.1) is 6.92 Å². The van der Waals surface area contributed by atoms with Gasteiger partial charge in [-0.1, -0.05) is 12.1 Å². The summed E-state index contributed by atoms with van der Waals surface area (Å²) >= 11 is 0. The van der Waals surface area contributed by atoms with Crippen LogP contribution in [0.5, 0.6) is 5.75 Å². The minimum Gasteiger partial charge on any atom is -0.497 e. The largest absolute Gasteiger partial charge is 0.497 e. The first kappa shape index (κ1) is 18.6. The quantitative estimate of drug-likeness (QED) is 0.758. The van der Waals surface area contributed by atoms with Gasteiger partial charge in [-0.15, -0.1) is 0 Å². The molecule has 0 saturated carbocycles. The third-order valence-electron chi connectivity index (χ3n) is 4.21. The molecule has 2 rings (SSSR count). The summed E-state index contributed by atoms with van der Waals surface area (Å²) in [6.45, 7) is 5.18. The highest BCUT2D eigenvalue weighted by molar-refractivity contribution is 5.74. The molecule has 25 heavy (non-hydrogen) atoms. The molecule has 6 heteroatoms. The van der Waals surface area contributed by atoms with Gasteiger partial charge in [0.25, 0.3) is 0 Å². The van der Waals surface area contributed by atoms with Crippen molar-refractivity contribution in [2.75, 3.05) is 32.6 Å². The van der Waals surface area contributed by atoms with Crippen LogP contribution in [0.3, 0.4) is 0 Å². The number of rotatable bonds is 7. The van der Waals surface area contributed by atoms with Gasteiger partial charge in [-0.3, -0.25) is 4.98 Å². The predicted molar refractivity (Wildman–Crippen MR) is 100 cm³/mol. The Bertz CT molecular complexity index is 705. The van der Waals surface area contributed by atoms with E-state index in [-0.39, 0.29) is 12.1 Å². The first-order valence-electron chi connectivity index (χ1n) is 8.32. The van der Waals surface area contributed by atoms with E-state index in [0.29, 0.717) is 13.1 Å². The van der Waals surface area contributed by atoms with Crippen molar-refractivity contribution in [3.63, 3.8) is 0 Å². The third-order valence-corrected chi connectivity index (χ3v) is 4.21. The SMILES string of the molecule is COc1cccc([C@H](C)N(C)C(=O)NCCNc2ccncc2C)c1. The van der Waals surface area contributed by atoms with E-state index in [2.05, 4.69) is 15.6 Å². The second-order valence-electron chi connectivity index (χ2n) is 5.91. The molecule has 0 saturated heterocycles. The van der Waals surface area contributed by atoms with E-state index < -0.39 is 0 Å². The van der Waals surface area contributed by atoms with Crippen molar-refractivity contribution < 1.29 is 9.53 Å². The standard InChI is InChI=1S/C19H26N4O2/c1-14-13-20-9-8-18(14)21-10-11-22-19(24)23(3)15(2)16-6-5-7-17(12-16)25-4/h5-9,12-13,15H,10-11H2,1-4H3,(H,20,21)(H,22,24)/t15-/m0/s1. The molecule has 0 fully saturated rings. The highest BCUT2D eigenvalue weighted by Crippen LogP contribution is 2.22. The molecule has 2 amide bonds. The lowest BCUT2D eigenvalue weighted by Crippen LogP contribution is -2.40. The smallest absolute Gasteiger partial charge is 0.317 e. The number of carbonyl (C=O) groups excluding carboxylic acids is 1. The first-order chi connectivity index (χ1) is 12.0. The van der Waals surface area contributed by atoms with Gasteiger partial charge in [-0.05, 0) is 43.2 Å². The molecular weight excluding hydrogens is 316 g/mol.